The summed E-state index contributed by atoms with van der Waals surface area (Å²) in [5.41, 5.74) is 2.14. The van der Waals surface area contributed by atoms with E-state index < -0.39 is 17.6 Å². The van der Waals surface area contributed by atoms with Crippen LogP contribution >= 0.6 is 0 Å². The van der Waals surface area contributed by atoms with Gasteiger partial charge in [0.2, 0.25) is 11.4 Å². The zero-order valence-electron chi connectivity index (χ0n) is 27.1. The van der Waals surface area contributed by atoms with Crippen LogP contribution in [0, 0.1) is 11.6 Å². The Morgan fingerprint density at radius 3 is 2.42 bits per heavy atom. The second-order valence-corrected chi connectivity index (χ2v) is 11.0. The molecule has 1 saturated heterocycles. The van der Waals surface area contributed by atoms with Gasteiger partial charge >= 0.3 is 5.97 Å². The van der Waals surface area contributed by atoms with Gasteiger partial charge in [-0.1, -0.05) is 6.07 Å². The van der Waals surface area contributed by atoms with Crippen LogP contribution in [-0.4, -0.2) is 65.7 Å². The molecule has 252 valence electrons. The highest BCUT2D eigenvalue weighted by Gasteiger charge is 2.20. The van der Waals surface area contributed by atoms with E-state index in [0.717, 1.165) is 30.9 Å². The molecule has 0 spiro atoms. The second-order valence-electron chi connectivity index (χ2n) is 11.0. The molecule has 13 heteroatoms. The first-order chi connectivity index (χ1) is 23.2. The molecule has 5 aromatic rings. The van der Waals surface area contributed by atoms with E-state index in [1.807, 2.05) is 0 Å². The van der Waals surface area contributed by atoms with Crippen molar-refractivity contribution in [3.05, 3.63) is 105 Å². The van der Waals surface area contributed by atoms with Crippen molar-refractivity contribution in [3.8, 4) is 22.9 Å². The summed E-state index contributed by atoms with van der Waals surface area (Å²) >= 11 is 0. The topological polar surface area (TPSA) is 116 Å². The number of pyridine rings is 2. The Morgan fingerprint density at radius 1 is 0.958 bits per heavy atom. The van der Waals surface area contributed by atoms with Crippen LogP contribution in [0.3, 0.4) is 0 Å². The van der Waals surface area contributed by atoms with Gasteiger partial charge in [0.05, 0.1) is 30.5 Å². The number of fused-ring (bicyclic) bond motifs is 1. The van der Waals surface area contributed by atoms with E-state index in [2.05, 4.69) is 9.97 Å². The molecule has 0 aliphatic carbocycles. The minimum atomic E-state index is -0.667. The van der Waals surface area contributed by atoms with Crippen molar-refractivity contribution >= 4 is 17.0 Å². The number of aryl methyl sites for hydroxylation is 2. The van der Waals surface area contributed by atoms with Gasteiger partial charge in [-0.2, -0.15) is 0 Å². The van der Waals surface area contributed by atoms with E-state index in [4.69, 9.17) is 23.7 Å². The molecular weight excluding hydrogens is 626 g/mol. The maximum Gasteiger partial charge on any atom is 0.338 e. The van der Waals surface area contributed by atoms with Gasteiger partial charge in [0.25, 0.3) is 0 Å². The van der Waals surface area contributed by atoms with Crippen molar-refractivity contribution in [2.75, 3.05) is 40.6 Å². The van der Waals surface area contributed by atoms with Crippen molar-refractivity contribution in [2.24, 2.45) is 14.1 Å². The van der Waals surface area contributed by atoms with Crippen LogP contribution < -0.4 is 15.0 Å². The number of imidazole rings is 1. The standard InChI is InChI=1S/C32H30F2N4O6.C3H6O/c1-37-17-19(8-9-30(37)39)18-44-29-7-5-6-25(35-29)22-16-23(33)20(12-24(22)34)15-28-36-31-26(38(28)2)13-21(32(40)42-4)14-27(31)43-11-10-41-3;1-2-4-3-1/h5-9,12-14,16-17H,10-11,15,18H2,1-4H3;1-3H2. The summed E-state index contributed by atoms with van der Waals surface area (Å²) in [6.45, 7) is 2.68. The van der Waals surface area contributed by atoms with Crippen LogP contribution in [0.15, 0.2) is 65.6 Å². The number of esters is 1. The highest BCUT2D eigenvalue weighted by Crippen LogP contribution is 2.31. The van der Waals surface area contributed by atoms with Gasteiger partial charge in [0.15, 0.2) is 0 Å². The normalized spacial score (nSPS) is 12.2. The van der Waals surface area contributed by atoms with Crippen LogP contribution in [0.25, 0.3) is 22.3 Å². The number of methoxy groups -OCH3 is 2. The average molecular weight is 663 g/mol. The second kappa shape index (κ2) is 15.6. The molecule has 3 aromatic heterocycles. The number of carbonyl (C=O) groups is 1. The Hall–Kier alpha value is -5.14. The highest BCUT2D eigenvalue weighted by molar-refractivity contribution is 5.96. The van der Waals surface area contributed by atoms with Gasteiger partial charge in [-0.05, 0) is 48.4 Å². The summed E-state index contributed by atoms with van der Waals surface area (Å²) in [5.74, 6) is -0.872. The van der Waals surface area contributed by atoms with Crippen molar-refractivity contribution < 1.29 is 37.3 Å². The Kier molecular flexibility index (Phi) is 11.1. The van der Waals surface area contributed by atoms with Crippen molar-refractivity contribution in [3.63, 3.8) is 0 Å². The first-order valence-electron chi connectivity index (χ1n) is 15.2. The van der Waals surface area contributed by atoms with Gasteiger partial charge in [0.1, 0.15) is 41.9 Å². The predicted octanol–water partition coefficient (Wildman–Crippen LogP) is 5.00. The zero-order chi connectivity index (χ0) is 34.2. The molecule has 48 heavy (non-hydrogen) atoms. The third kappa shape index (κ3) is 8.04. The number of halogens is 2. The van der Waals surface area contributed by atoms with Gasteiger partial charge in [-0.15, -0.1) is 0 Å². The third-order valence-electron chi connectivity index (χ3n) is 7.61. The summed E-state index contributed by atoms with van der Waals surface area (Å²) in [4.78, 5) is 32.9. The summed E-state index contributed by atoms with van der Waals surface area (Å²) in [5, 5.41) is 0. The van der Waals surface area contributed by atoms with Gasteiger partial charge in [-0.3, -0.25) is 4.79 Å². The lowest BCUT2D eigenvalue weighted by Crippen LogP contribution is -2.15. The largest absolute Gasteiger partial charge is 0.489 e. The fourth-order valence-corrected chi connectivity index (χ4v) is 4.82. The molecule has 0 atom stereocenters. The Morgan fingerprint density at radius 2 is 1.73 bits per heavy atom. The lowest BCUT2D eigenvalue weighted by Gasteiger charge is -2.11. The minimum absolute atomic E-state index is 0.0274. The molecule has 6 rings (SSSR count). The van der Waals surface area contributed by atoms with Crippen LogP contribution in [0.1, 0.15) is 33.7 Å². The number of hydrogen-bond acceptors (Lipinski definition) is 9. The van der Waals surface area contributed by atoms with Crippen molar-refractivity contribution in [1.29, 1.82) is 0 Å². The van der Waals surface area contributed by atoms with Crippen LogP contribution in [0.4, 0.5) is 8.78 Å². The SMILES string of the molecule is C1COC1.COCCOc1cc(C(=O)OC)cc2c1nc(Cc1cc(F)c(-c3cccc(OCc4ccc(=O)n(C)c4)n3)cc1F)n2C. The molecule has 4 heterocycles. The molecule has 1 aliphatic heterocycles. The van der Waals surface area contributed by atoms with Crippen LogP contribution in [0.5, 0.6) is 11.6 Å². The Balaban J connectivity index is 0.00000105. The van der Waals surface area contributed by atoms with E-state index >= 15 is 8.78 Å². The van der Waals surface area contributed by atoms with E-state index in [1.165, 1.54) is 30.2 Å². The Labute approximate surface area is 275 Å². The maximum absolute atomic E-state index is 15.4. The summed E-state index contributed by atoms with van der Waals surface area (Å²) in [6.07, 6.45) is 2.90. The molecule has 1 aliphatic rings. The number of aromatic nitrogens is 4. The Bertz CT molecular complexity index is 1970. The lowest BCUT2D eigenvalue weighted by atomic mass is 10.0. The van der Waals surface area contributed by atoms with Crippen molar-refractivity contribution in [2.45, 2.75) is 19.4 Å². The fraction of sp³-hybridized carbons (Fsp3) is 0.314. The van der Waals surface area contributed by atoms with Gasteiger partial charge < -0.3 is 32.8 Å². The predicted molar refractivity (Wildman–Crippen MR) is 173 cm³/mol. The minimum Gasteiger partial charge on any atom is -0.489 e. The molecular formula is C35H36F2N4O7. The lowest BCUT2D eigenvalue weighted by molar-refractivity contribution is 0.0367. The molecule has 0 radical (unpaired) electrons. The molecule has 2 aromatic carbocycles. The number of benzene rings is 2. The zero-order valence-corrected chi connectivity index (χ0v) is 27.1. The molecule has 0 N–H and O–H groups in total. The number of hydrogen-bond donors (Lipinski definition) is 0. The highest BCUT2D eigenvalue weighted by atomic mass is 19.1. The first-order valence-corrected chi connectivity index (χ1v) is 15.2. The summed E-state index contributed by atoms with van der Waals surface area (Å²) in [7, 11) is 6.18. The van der Waals surface area contributed by atoms with Gasteiger partial charge in [-0.25, -0.2) is 23.5 Å². The third-order valence-corrected chi connectivity index (χ3v) is 7.61. The summed E-state index contributed by atoms with van der Waals surface area (Å²) < 4.78 is 60.2. The molecule has 1 fully saturated rings. The number of nitrogens with zero attached hydrogens (tertiary/aromatic N) is 4. The van der Waals surface area contributed by atoms with Gasteiger partial charge in [0, 0.05) is 70.3 Å². The molecule has 0 bridgehead atoms. The average Bonchev–Trinajstić information content (AvgIpc) is 3.36. The molecule has 0 saturated carbocycles. The smallest absolute Gasteiger partial charge is 0.338 e. The number of ether oxygens (including phenoxy) is 5. The number of carbonyl (C=O) groups excluding carboxylic acids is 1. The van der Waals surface area contributed by atoms with Crippen LogP contribution in [0.2, 0.25) is 0 Å². The fourth-order valence-electron chi connectivity index (χ4n) is 4.82. The molecule has 11 nitrogen and oxygen atoms in total. The van der Waals surface area contributed by atoms with E-state index in [-0.39, 0.29) is 53.5 Å². The van der Waals surface area contributed by atoms with Crippen molar-refractivity contribution in [1.82, 2.24) is 19.1 Å². The first kappa shape index (κ1) is 34.2. The van der Waals surface area contributed by atoms with E-state index in [1.54, 1.807) is 62.3 Å². The number of rotatable bonds is 11. The monoisotopic (exact) mass is 662 g/mol. The quantitative estimate of drug-likeness (QED) is 0.142. The van der Waals surface area contributed by atoms with Crippen LogP contribution in [-0.2, 0) is 41.3 Å². The summed E-state index contributed by atoms with van der Waals surface area (Å²) in [6, 6.07) is 13.3. The molecule has 0 amide bonds. The van der Waals surface area contributed by atoms with E-state index in [9.17, 15) is 9.59 Å². The maximum atomic E-state index is 15.4. The molecule has 0 unspecified atom stereocenters. The van der Waals surface area contributed by atoms with E-state index in [0.29, 0.717) is 29.2 Å².